The van der Waals surface area contributed by atoms with Gasteiger partial charge in [-0.25, -0.2) is 0 Å². The van der Waals surface area contributed by atoms with Crippen LogP contribution in [0.2, 0.25) is 0 Å². The Hall–Kier alpha value is 0.489. The third-order valence-electron chi connectivity index (χ3n) is 0. The summed E-state index contributed by atoms with van der Waals surface area (Å²) in [6.07, 6.45) is 0. The summed E-state index contributed by atoms with van der Waals surface area (Å²) in [5, 5.41) is 0.000000000000000222. The zero-order valence-corrected chi connectivity index (χ0v) is 7.62. The van der Waals surface area contributed by atoms with Crippen LogP contribution in [0.5, 0.6) is 0 Å². The number of thiocarbonyl (C=S) groups is 1. The SMILES string of the molecule is NC(N)=S.[SnH2]. The van der Waals surface area contributed by atoms with E-state index in [0.29, 0.717) is 0 Å². The second kappa shape index (κ2) is 4.49. The van der Waals surface area contributed by atoms with Crippen LogP contribution in [0.1, 0.15) is 0 Å². The fourth-order valence-corrected chi connectivity index (χ4v) is 0. The maximum absolute atomic E-state index is 4.62. The number of nitrogens with two attached hydrogens (primary N) is 2. The third kappa shape index (κ3) is 116. The van der Waals surface area contributed by atoms with Crippen LogP contribution in [0.3, 0.4) is 0 Å². The molecule has 4 heteroatoms. The Balaban J connectivity index is 0. The number of hydrogen-bond acceptors (Lipinski definition) is 1. The van der Waals surface area contributed by atoms with E-state index in [1.807, 2.05) is 0 Å². The molecular weight excluding hydrogens is 191 g/mol. The van der Waals surface area contributed by atoms with Crippen LogP contribution in [-0.4, -0.2) is 29.0 Å². The monoisotopic (exact) mass is 198 g/mol. The van der Waals surface area contributed by atoms with Crippen molar-refractivity contribution in [2.24, 2.45) is 11.5 Å². The second-order valence-electron chi connectivity index (χ2n) is 0.402. The maximum atomic E-state index is 4.62. The fraction of sp³-hybridized carbons (Fsp3) is 0. The second-order valence-corrected chi connectivity index (χ2v) is 0.874. The molecule has 0 aromatic carbocycles. The van der Waals surface area contributed by atoms with Gasteiger partial charge in [-0.1, -0.05) is 0 Å². The first-order valence-electron chi connectivity index (χ1n) is 0.781. The first-order valence-corrected chi connectivity index (χ1v) is 1.19. The van der Waals surface area contributed by atoms with E-state index in [2.05, 4.69) is 23.7 Å². The van der Waals surface area contributed by atoms with E-state index in [1.165, 1.54) is 0 Å². The van der Waals surface area contributed by atoms with E-state index in [9.17, 15) is 0 Å². The van der Waals surface area contributed by atoms with Gasteiger partial charge in [0.1, 0.15) is 0 Å². The van der Waals surface area contributed by atoms with Crippen LogP contribution in [0.25, 0.3) is 0 Å². The van der Waals surface area contributed by atoms with Crippen LogP contribution >= 0.6 is 12.2 Å². The summed E-state index contributed by atoms with van der Waals surface area (Å²) in [4.78, 5) is 0. The summed E-state index contributed by atoms with van der Waals surface area (Å²) in [5.74, 6) is 0. The predicted molar refractivity (Wildman–Crippen MR) is 29.5 cm³/mol. The van der Waals surface area contributed by atoms with E-state index in [4.69, 9.17) is 0 Å². The molecule has 0 aliphatic heterocycles. The summed E-state index contributed by atoms with van der Waals surface area (Å²) in [5.41, 5.74) is 9.24. The van der Waals surface area contributed by atoms with Gasteiger partial charge < -0.3 is 11.5 Å². The van der Waals surface area contributed by atoms with E-state index in [-0.39, 0.29) is 29.0 Å². The van der Waals surface area contributed by atoms with Crippen molar-refractivity contribution in [1.82, 2.24) is 0 Å². The van der Waals surface area contributed by atoms with Crippen molar-refractivity contribution >= 4 is 41.2 Å². The average Bonchev–Trinajstić information content (AvgIpc) is 0.811. The van der Waals surface area contributed by atoms with Gasteiger partial charge in [0.25, 0.3) is 0 Å². The first kappa shape index (κ1) is 9.09. The van der Waals surface area contributed by atoms with Crippen molar-refractivity contribution in [2.45, 2.75) is 0 Å². The van der Waals surface area contributed by atoms with Crippen molar-refractivity contribution in [3.63, 3.8) is 0 Å². The van der Waals surface area contributed by atoms with Gasteiger partial charge in [0.2, 0.25) is 0 Å². The molecule has 0 atom stereocenters. The summed E-state index contributed by atoms with van der Waals surface area (Å²) >= 11 is 4.09. The Morgan fingerprint density at radius 1 is 1.40 bits per heavy atom. The molecule has 0 bridgehead atoms. The van der Waals surface area contributed by atoms with Crippen LogP contribution in [0, 0.1) is 0 Å². The van der Waals surface area contributed by atoms with Crippen LogP contribution in [-0.2, 0) is 0 Å². The third-order valence-corrected chi connectivity index (χ3v) is 0. The molecule has 5 heavy (non-hydrogen) atoms. The molecule has 0 fully saturated rings. The van der Waals surface area contributed by atoms with E-state index in [1.54, 1.807) is 0 Å². The topological polar surface area (TPSA) is 52.0 Å². The molecule has 2 nitrogen and oxygen atoms in total. The Bertz CT molecular complexity index is 32.6. The molecule has 0 aromatic heterocycles. The Morgan fingerprint density at radius 2 is 1.40 bits per heavy atom. The van der Waals surface area contributed by atoms with Gasteiger partial charge in [-0.3, -0.25) is 0 Å². The van der Waals surface area contributed by atoms with Crippen molar-refractivity contribution in [1.29, 1.82) is 0 Å². The number of hydrogen-bond donors (Lipinski definition) is 2. The molecule has 0 saturated carbocycles. The van der Waals surface area contributed by atoms with Gasteiger partial charge in [-0.05, 0) is 12.2 Å². The average molecular weight is 197 g/mol. The zero-order valence-electron chi connectivity index (χ0n) is 2.77. The van der Waals surface area contributed by atoms with Gasteiger partial charge in [-0.15, -0.1) is 0 Å². The molecule has 30 valence electrons. The standard InChI is InChI=1S/CH4N2S.Sn.2H/c2-1(3)4;;;/h(H4,2,3,4);;;. The van der Waals surface area contributed by atoms with E-state index < -0.39 is 0 Å². The minimum atomic E-state index is 0. The molecule has 0 aliphatic rings. The van der Waals surface area contributed by atoms with Crippen molar-refractivity contribution in [3.05, 3.63) is 0 Å². The van der Waals surface area contributed by atoms with Crippen LogP contribution < -0.4 is 11.5 Å². The Labute approximate surface area is 52.9 Å². The molecule has 0 spiro atoms. The Kier molecular flexibility index (Phi) is 8.16. The van der Waals surface area contributed by atoms with Crippen LogP contribution in [0.15, 0.2) is 0 Å². The zero-order chi connectivity index (χ0) is 3.58. The molecule has 0 saturated heterocycles. The number of rotatable bonds is 0. The predicted octanol–water partition coefficient (Wildman–Crippen LogP) is -1.73. The van der Waals surface area contributed by atoms with Gasteiger partial charge in [0.05, 0.1) is 0 Å². The van der Waals surface area contributed by atoms with Crippen molar-refractivity contribution in [3.8, 4) is 0 Å². The van der Waals surface area contributed by atoms with Gasteiger partial charge >= 0.3 is 23.9 Å². The Morgan fingerprint density at radius 3 is 1.40 bits per heavy atom. The summed E-state index contributed by atoms with van der Waals surface area (Å²) in [7, 11) is 0. The molecule has 2 radical (unpaired) electrons. The summed E-state index contributed by atoms with van der Waals surface area (Å²) in [6.45, 7) is 0. The van der Waals surface area contributed by atoms with Crippen molar-refractivity contribution < 1.29 is 0 Å². The van der Waals surface area contributed by atoms with E-state index in [0.717, 1.165) is 0 Å². The molecule has 0 rings (SSSR count). The molecule has 0 amide bonds. The van der Waals surface area contributed by atoms with E-state index >= 15 is 0 Å². The van der Waals surface area contributed by atoms with Gasteiger partial charge in [0.15, 0.2) is 5.11 Å². The quantitative estimate of drug-likeness (QED) is 0.358. The first-order chi connectivity index (χ1) is 1.73. The normalized spacial score (nSPS) is 4.80. The minimum absolute atomic E-state index is 0. The van der Waals surface area contributed by atoms with Crippen LogP contribution in [0.4, 0.5) is 0 Å². The molecular formula is CH6N2SSn. The molecule has 0 aliphatic carbocycles. The molecule has 0 aromatic rings. The molecule has 4 N–H and O–H groups in total. The summed E-state index contributed by atoms with van der Waals surface area (Å²) in [6, 6.07) is 0. The van der Waals surface area contributed by atoms with Gasteiger partial charge in [-0.2, -0.15) is 0 Å². The summed E-state index contributed by atoms with van der Waals surface area (Å²) < 4.78 is 0. The molecule has 0 heterocycles. The van der Waals surface area contributed by atoms with Crippen molar-refractivity contribution in [2.75, 3.05) is 0 Å². The fourth-order valence-electron chi connectivity index (χ4n) is 0. The van der Waals surface area contributed by atoms with Gasteiger partial charge in [0, 0.05) is 0 Å². The molecule has 0 unspecified atom stereocenters.